The van der Waals surface area contributed by atoms with E-state index < -0.39 is 28.6 Å². The molecule has 1 rings (SSSR count). The Kier molecular flexibility index (Phi) is 5.23. The zero-order valence-electron chi connectivity index (χ0n) is 10.6. The minimum Gasteiger partial charge on any atom is -0.494 e. The van der Waals surface area contributed by atoms with Crippen molar-refractivity contribution in [3.63, 3.8) is 0 Å². The zero-order valence-corrected chi connectivity index (χ0v) is 11.4. The monoisotopic (exact) mass is 313 g/mol. The van der Waals surface area contributed by atoms with Crippen molar-refractivity contribution < 1.29 is 31.1 Å². The number of rotatable bonds is 6. The van der Waals surface area contributed by atoms with E-state index in [1.807, 2.05) is 0 Å². The zero-order chi connectivity index (χ0) is 15.4. The van der Waals surface area contributed by atoms with Gasteiger partial charge in [-0.2, -0.15) is 13.2 Å². The molecule has 114 valence electrons. The average Bonchev–Trinajstić information content (AvgIpc) is 2.29. The number of anilines is 1. The molecular weight excluding hydrogens is 299 g/mol. The van der Waals surface area contributed by atoms with Crippen molar-refractivity contribution in [1.29, 1.82) is 0 Å². The van der Waals surface area contributed by atoms with Crippen LogP contribution >= 0.6 is 0 Å². The highest BCUT2D eigenvalue weighted by Gasteiger charge is 2.29. The molecule has 0 fully saturated rings. The molecule has 0 bridgehead atoms. The fourth-order valence-electron chi connectivity index (χ4n) is 1.37. The minimum absolute atomic E-state index is 0.0796. The number of nitrogens with two attached hydrogens (primary N) is 1. The van der Waals surface area contributed by atoms with Gasteiger partial charge in [0.25, 0.3) is 0 Å². The second-order valence-corrected chi connectivity index (χ2v) is 5.73. The van der Waals surface area contributed by atoms with Gasteiger partial charge >= 0.3 is 6.18 Å². The van der Waals surface area contributed by atoms with Crippen molar-refractivity contribution in [3.8, 4) is 5.75 Å². The number of benzene rings is 1. The predicted octanol–water partition coefficient (Wildman–Crippen LogP) is 1.98. The molecule has 0 saturated heterocycles. The van der Waals surface area contributed by atoms with Crippen molar-refractivity contribution in [2.24, 2.45) is 0 Å². The van der Waals surface area contributed by atoms with E-state index in [2.05, 4.69) is 4.74 Å². The lowest BCUT2D eigenvalue weighted by Crippen LogP contribution is -2.21. The molecule has 0 heterocycles. The fraction of sp³-hybridized carbons (Fsp3) is 0.455. The first-order valence-electron chi connectivity index (χ1n) is 5.55. The summed E-state index contributed by atoms with van der Waals surface area (Å²) in [7, 11) is -4.08. The van der Waals surface area contributed by atoms with Crippen LogP contribution in [0.1, 0.15) is 6.92 Å². The van der Waals surface area contributed by atoms with Crippen molar-refractivity contribution in [3.05, 3.63) is 18.2 Å². The lowest BCUT2D eigenvalue weighted by molar-refractivity contribution is -0.169. The summed E-state index contributed by atoms with van der Waals surface area (Å²) in [6.45, 7) is 0.377. The van der Waals surface area contributed by atoms with Gasteiger partial charge < -0.3 is 15.2 Å². The first-order valence-corrected chi connectivity index (χ1v) is 7.20. The molecule has 0 saturated carbocycles. The third-order valence-corrected chi connectivity index (χ3v) is 3.64. The summed E-state index contributed by atoms with van der Waals surface area (Å²) in [5.74, 6) is -0.845. The number of sulfone groups is 1. The summed E-state index contributed by atoms with van der Waals surface area (Å²) in [6.07, 6.45) is -4.59. The van der Waals surface area contributed by atoms with Gasteiger partial charge in [-0.15, -0.1) is 0 Å². The molecule has 0 atom stereocenters. The molecule has 9 heteroatoms. The van der Waals surface area contributed by atoms with E-state index in [-0.39, 0.29) is 16.3 Å². The van der Waals surface area contributed by atoms with Crippen molar-refractivity contribution in [2.75, 3.05) is 24.9 Å². The molecule has 0 aliphatic carbocycles. The van der Waals surface area contributed by atoms with Crippen LogP contribution in [-0.4, -0.2) is 33.7 Å². The Morgan fingerprint density at radius 1 is 1.30 bits per heavy atom. The molecule has 0 aliphatic rings. The second kappa shape index (κ2) is 6.31. The van der Waals surface area contributed by atoms with Gasteiger partial charge in [0, 0.05) is 6.07 Å². The van der Waals surface area contributed by atoms with E-state index in [1.54, 1.807) is 6.92 Å². The minimum atomic E-state index is -4.59. The Bertz CT molecular complexity index is 557. The summed E-state index contributed by atoms with van der Waals surface area (Å²) in [4.78, 5) is -0.314. The van der Waals surface area contributed by atoms with Crippen LogP contribution in [-0.2, 0) is 14.6 Å². The molecule has 0 radical (unpaired) electrons. The molecule has 0 amide bonds. The van der Waals surface area contributed by atoms with Gasteiger partial charge in [-0.1, -0.05) is 0 Å². The van der Waals surface area contributed by atoms with Crippen molar-refractivity contribution in [1.82, 2.24) is 0 Å². The smallest absolute Gasteiger partial charge is 0.411 e. The Labute approximate surface area is 114 Å². The maximum Gasteiger partial charge on any atom is 0.411 e. The van der Waals surface area contributed by atoms with Crippen LogP contribution in [0.3, 0.4) is 0 Å². The maximum atomic E-state index is 11.9. The molecule has 1 aromatic rings. The fourth-order valence-corrected chi connectivity index (χ4v) is 2.52. The molecule has 0 unspecified atom stereocenters. The summed E-state index contributed by atoms with van der Waals surface area (Å²) in [5.41, 5.74) is 5.44. The predicted molar refractivity (Wildman–Crippen MR) is 66.1 cm³/mol. The van der Waals surface area contributed by atoms with E-state index >= 15 is 0 Å². The number of halogens is 3. The summed E-state index contributed by atoms with van der Waals surface area (Å²) in [5, 5.41) is 0. The largest absolute Gasteiger partial charge is 0.494 e. The third-order valence-electron chi connectivity index (χ3n) is 2.14. The molecule has 5 nitrogen and oxygen atoms in total. The molecule has 1 aromatic carbocycles. The SMILES string of the molecule is CCOc1ccc(N)c(S(=O)(=O)COCC(F)(F)F)c1. The first kappa shape index (κ1) is 16.6. The highest BCUT2D eigenvalue weighted by Crippen LogP contribution is 2.25. The number of ether oxygens (including phenoxy) is 2. The van der Waals surface area contributed by atoms with E-state index in [0.717, 1.165) is 6.07 Å². The normalized spacial score (nSPS) is 12.4. The number of hydrogen-bond acceptors (Lipinski definition) is 5. The molecule has 0 aromatic heterocycles. The van der Waals surface area contributed by atoms with E-state index in [1.165, 1.54) is 12.1 Å². The van der Waals surface area contributed by atoms with Gasteiger partial charge in [0.2, 0.25) is 9.84 Å². The Morgan fingerprint density at radius 3 is 2.50 bits per heavy atom. The van der Waals surface area contributed by atoms with Crippen LogP contribution in [0.4, 0.5) is 18.9 Å². The van der Waals surface area contributed by atoms with Crippen molar-refractivity contribution >= 4 is 15.5 Å². The lowest BCUT2D eigenvalue weighted by Gasteiger charge is -2.11. The summed E-state index contributed by atoms with van der Waals surface area (Å²) < 4.78 is 68.7. The second-order valence-electron chi connectivity index (χ2n) is 3.83. The van der Waals surface area contributed by atoms with Crippen LogP contribution < -0.4 is 10.5 Å². The van der Waals surface area contributed by atoms with Crippen LogP contribution in [0.5, 0.6) is 5.75 Å². The summed E-state index contributed by atoms with van der Waals surface area (Å²) >= 11 is 0. The van der Waals surface area contributed by atoms with Crippen LogP contribution in [0.25, 0.3) is 0 Å². The quantitative estimate of drug-likeness (QED) is 0.812. The summed E-state index contributed by atoms with van der Waals surface area (Å²) in [6, 6.07) is 3.93. The molecule has 0 spiro atoms. The first-order chi connectivity index (χ1) is 9.15. The molecule has 0 aliphatic heterocycles. The van der Waals surface area contributed by atoms with Gasteiger partial charge in [-0.3, -0.25) is 0 Å². The Balaban J connectivity index is 2.89. The van der Waals surface area contributed by atoms with Gasteiger partial charge in [0.1, 0.15) is 12.4 Å². The number of alkyl halides is 3. The lowest BCUT2D eigenvalue weighted by atomic mass is 10.3. The average molecular weight is 313 g/mol. The Morgan fingerprint density at radius 2 is 1.95 bits per heavy atom. The van der Waals surface area contributed by atoms with Gasteiger partial charge in [0.15, 0.2) is 5.94 Å². The highest BCUT2D eigenvalue weighted by molar-refractivity contribution is 7.91. The molecular formula is C11H14F3NO4S. The van der Waals surface area contributed by atoms with Crippen LogP contribution in [0, 0.1) is 0 Å². The topological polar surface area (TPSA) is 78.6 Å². The maximum absolute atomic E-state index is 11.9. The van der Waals surface area contributed by atoms with Gasteiger partial charge in [-0.25, -0.2) is 8.42 Å². The van der Waals surface area contributed by atoms with E-state index in [4.69, 9.17) is 10.5 Å². The Hall–Kier alpha value is -1.48. The standard InChI is InChI=1S/C11H14F3NO4S/c1-2-19-8-3-4-9(15)10(5-8)20(16,17)7-18-6-11(12,13)14/h3-5H,2,6-7,15H2,1H3. The van der Waals surface area contributed by atoms with Crippen molar-refractivity contribution in [2.45, 2.75) is 18.0 Å². The third kappa shape index (κ3) is 4.89. The van der Waals surface area contributed by atoms with Crippen LogP contribution in [0.2, 0.25) is 0 Å². The number of nitrogen functional groups attached to an aromatic ring is 1. The van der Waals surface area contributed by atoms with E-state index in [0.29, 0.717) is 6.61 Å². The van der Waals surface area contributed by atoms with Crippen LogP contribution in [0.15, 0.2) is 23.1 Å². The number of hydrogen-bond donors (Lipinski definition) is 1. The van der Waals surface area contributed by atoms with Gasteiger partial charge in [0.05, 0.1) is 17.2 Å². The molecule has 2 N–H and O–H groups in total. The van der Waals surface area contributed by atoms with Gasteiger partial charge in [-0.05, 0) is 19.1 Å². The molecule has 20 heavy (non-hydrogen) atoms. The highest BCUT2D eigenvalue weighted by atomic mass is 32.2. The van der Waals surface area contributed by atoms with E-state index in [9.17, 15) is 21.6 Å².